The molecule has 16 heavy (non-hydrogen) atoms. The predicted octanol–water partition coefficient (Wildman–Crippen LogP) is 2.59. The van der Waals surface area contributed by atoms with Gasteiger partial charge in [-0.15, -0.1) is 0 Å². The van der Waals surface area contributed by atoms with Gasteiger partial charge in [0.05, 0.1) is 0 Å². The molecular formula is C12H15ClFNO. The zero-order valence-corrected chi connectivity index (χ0v) is 9.98. The van der Waals surface area contributed by atoms with Crippen LogP contribution in [0.4, 0.5) is 4.39 Å². The number of carbonyl (C=O) groups excluding carboxylic acids is 1. The number of benzene rings is 1. The van der Waals surface area contributed by atoms with Gasteiger partial charge in [0.25, 0.3) is 0 Å². The second kappa shape index (κ2) is 6.61. The molecule has 0 atom stereocenters. The fourth-order valence-electron chi connectivity index (χ4n) is 1.43. The standard InChI is InChI=1S/C12H15ClFNO/c1-15-6-2-3-11(16)7-9-4-5-10(13)8-12(9)14/h4-5,8,15H,2-3,6-7H2,1H3. The Morgan fingerprint density at radius 2 is 2.25 bits per heavy atom. The van der Waals surface area contributed by atoms with Gasteiger partial charge in [-0.05, 0) is 37.7 Å². The molecule has 0 unspecified atom stereocenters. The van der Waals surface area contributed by atoms with Crippen molar-refractivity contribution < 1.29 is 9.18 Å². The average molecular weight is 244 g/mol. The first-order valence-electron chi connectivity index (χ1n) is 5.23. The zero-order valence-electron chi connectivity index (χ0n) is 9.22. The highest BCUT2D eigenvalue weighted by Crippen LogP contribution is 2.15. The summed E-state index contributed by atoms with van der Waals surface area (Å²) >= 11 is 5.62. The molecule has 1 rings (SSSR count). The van der Waals surface area contributed by atoms with Gasteiger partial charge in [-0.25, -0.2) is 4.39 Å². The Labute approximate surface area is 99.8 Å². The Kier molecular flexibility index (Phi) is 5.43. The van der Waals surface area contributed by atoms with Gasteiger partial charge in [0.1, 0.15) is 11.6 Å². The van der Waals surface area contributed by atoms with Crippen molar-refractivity contribution in [3.63, 3.8) is 0 Å². The summed E-state index contributed by atoms with van der Waals surface area (Å²) in [7, 11) is 1.84. The van der Waals surface area contributed by atoms with Crippen molar-refractivity contribution in [2.24, 2.45) is 0 Å². The summed E-state index contributed by atoms with van der Waals surface area (Å²) in [6, 6.07) is 4.40. The van der Waals surface area contributed by atoms with Crippen LogP contribution in [0.2, 0.25) is 5.02 Å². The van der Waals surface area contributed by atoms with Crippen LogP contribution in [-0.2, 0) is 11.2 Å². The molecule has 0 fully saturated rings. The highest BCUT2D eigenvalue weighted by atomic mass is 35.5. The van der Waals surface area contributed by atoms with Gasteiger partial charge >= 0.3 is 0 Å². The molecule has 0 spiro atoms. The van der Waals surface area contributed by atoms with Crippen LogP contribution in [0.25, 0.3) is 0 Å². The lowest BCUT2D eigenvalue weighted by Crippen LogP contribution is -2.11. The summed E-state index contributed by atoms with van der Waals surface area (Å²) in [6.07, 6.45) is 1.40. The van der Waals surface area contributed by atoms with Crippen molar-refractivity contribution in [1.82, 2.24) is 5.32 Å². The molecule has 0 saturated carbocycles. The average Bonchev–Trinajstić information content (AvgIpc) is 2.23. The Hall–Kier alpha value is -0.930. The summed E-state index contributed by atoms with van der Waals surface area (Å²) in [5.74, 6) is -0.356. The predicted molar refractivity (Wildman–Crippen MR) is 63.3 cm³/mol. The zero-order chi connectivity index (χ0) is 12.0. The molecule has 0 aliphatic heterocycles. The number of ketones is 1. The van der Waals surface area contributed by atoms with Crippen LogP contribution in [0.5, 0.6) is 0 Å². The molecule has 4 heteroatoms. The van der Waals surface area contributed by atoms with Crippen LogP contribution >= 0.6 is 11.6 Å². The second-order valence-corrected chi connectivity index (χ2v) is 4.09. The Bertz CT molecular complexity index is 368. The quantitative estimate of drug-likeness (QED) is 0.779. The molecule has 88 valence electrons. The van der Waals surface area contributed by atoms with Crippen LogP contribution in [0.15, 0.2) is 18.2 Å². The van der Waals surface area contributed by atoms with Gasteiger partial charge < -0.3 is 5.32 Å². The molecule has 1 N–H and O–H groups in total. The van der Waals surface area contributed by atoms with E-state index in [1.165, 1.54) is 6.07 Å². The largest absolute Gasteiger partial charge is 0.320 e. The van der Waals surface area contributed by atoms with Crippen molar-refractivity contribution >= 4 is 17.4 Å². The smallest absolute Gasteiger partial charge is 0.137 e. The van der Waals surface area contributed by atoms with E-state index in [0.29, 0.717) is 17.0 Å². The fraction of sp³-hybridized carbons (Fsp3) is 0.417. The first-order chi connectivity index (χ1) is 7.63. The second-order valence-electron chi connectivity index (χ2n) is 3.66. The van der Waals surface area contributed by atoms with Gasteiger partial charge in [-0.1, -0.05) is 17.7 Å². The monoisotopic (exact) mass is 243 g/mol. The first-order valence-corrected chi connectivity index (χ1v) is 5.61. The maximum absolute atomic E-state index is 13.4. The molecule has 0 aliphatic rings. The Balaban J connectivity index is 2.49. The van der Waals surface area contributed by atoms with E-state index >= 15 is 0 Å². The van der Waals surface area contributed by atoms with Gasteiger partial charge in [0, 0.05) is 17.9 Å². The van der Waals surface area contributed by atoms with Crippen molar-refractivity contribution in [3.8, 4) is 0 Å². The summed E-state index contributed by atoms with van der Waals surface area (Å²) in [5, 5.41) is 3.31. The minimum absolute atomic E-state index is 0.0523. The molecule has 1 aromatic carbocycles. The van der Waals surface area contributed by atoms with Crippen molar-refractivity contribution in [2.45, 2.75) is 19.3 Å². The normalized spacial score (nSPS) is 10.4. The highest BCUT2D eigenvalue weighted by Gasteiger charge is 2.08. The van der Waals surface area contributed by atoms with E-state index in [1.807, 2.05) is 7.05 Å². The lowest BCUT2D eigenvalue weighted by Gasteiger charge is -2.03. The van der Waals surface area contributed by atoms with Gasteiger partial charge in [-0.3, -0.25) is 4.79 Å². The molecule has 1 aromatic rings. The third-order valence-corrected chi connectivity index (χ3v) is 2.52. The molecule has 0 amide bonds. The molecule has 2 nitrogen and oxygen atoms in total. The summed E-state index contributed by atoms with van der Waals surface area (Å²) < 4.78 is 13.4. The molecule has 0 radical (unpaired) electrons. The van der Waals surface area contributed by atoms with Gasteiger partial charge in [0.2, 0.25) is 0 Å². The van der Waals surface area contributed by atoms with Crippen LogP contribution in [-0.4, -0.2) is 19.4 Å². The van der Waals surface area contributed by atoms with Crippen molar-refractivity contribution in [2.75, 3.05) is 13.6 Å². The van der Waals surface area contributed by atoms with E-state index in [9.17, 15) is 9.18 Å². The van der Waals surface area contributed by atoms with Crippen LogP contribution in [0.3, 0.4) is 0 Å². The highest BCUT2D eigenvalue weighted by molar-refractivity contribution is 6.30. The van der Waals surface area contributed by atoms with E-state index in [4.69, 9.17) is 11.6 Å². The van der Waals surface area contributed by atoms with Gasteiger partial charge in [-0.2, -0.15) is 0 Å². The van der Waals surface area contributed by atoms with Crippen LogP contribution < -0.4 is 5.32 Å². The molecule has 0 heterocycles. The minimum atomic E-state index is -0.408. The minimum Gasteiger partial charge on any atom is -0.320 e. The maximum atomic E-state index is 13.4. The van der Waals surface area contributed by atoms with E-state index in [-0.39, 0.29) is 12.2 Å². The Morgan fingerprint density at radius 3 is 2.88 bits per heavy atom. The van der Waals surface area contributed by atoms with Crippen molar-refractivity contribution in [1.29, 1.82) is 0 Å². The van der Waals surface area contributed by atoms with E-state index in [1.54, 1.807) is 12.1 Å². The lowest BCUT2D eigenvalue weighted by atomic mass is 10.1. The molecule has 0 bridgehead atoms. The number of hydrogen-bond donors (Lipinski definition) is 1. The van der Waals surface area contributed by atoms with Crippen LogP contribution in [0, 0.1) is 5.82 Å². The summed E-state index contributed by atoms with van der Waals surface area (Å²) in [6.45, 7) is 0.800. The fourth-order valence-corrected chi connectivity index (χ4v) is 1.59. The first kappa shape index (κ1) is 13.1. The van der Waals surface area contributed by atoms with E-state index in [0.717, 1.165) is 13.0 Å². The molecule has 0 aliphatic carbocycles. The summed E-state index contributed by atoms with van der Waals surface area (Å²) in [5.41, 5.74) is 0.416. The summed E-state index contributed by atoms with van der Waals surface area (Å²) in [4.78, 5) is 11.5. The number of halogens is 2. The number of carbonyl (C=O) groups is 1. The molecule has 0 saturated heterocycles. The van der Waals surface area contributed by atoms with E-state index in [2.05, 4.69) is 5.32 Å². The molecule has 0 aromatic heterocycles. The van der Waals surface area contributed by atoms with Gasteiger partial charge in [0.15, 0.2) is 0 Å². The third-order valence-electron chi connectivity index (χ3n) is 2.29. The van der Waals surface area contributed by atoms with Crippen LogP contribution in [0.1, 0.15) is 18.4 Å². The van der Waals surface area contributed by atoms with E-state index < -0.39 is 5.82 Å². The Morgan fingerprint density at radius 1 is 1.50 bits per heavy atom. The number of nitrogens with one attached hydrogen (secondary N) is 1. The topological polar surface area (TPSA) is 29.1 Å². The SMILES string of the molecule is CNCCCC(=O)Cc1ccc(Cl)cc1F. The maximum Gasteiger partial charge on any atom is 0.137 e. The third kappa shape index (κ3) is 4.29. The number of Topliss-reactive ketones (excluding diaryl/α,β-unsaturated/α-hetero) is 1. The number of hydrogen-bond acceptors (Lipinski definition) is 2. The molecular weight excluding hydrogens is 229 g/mol. The number of rotatable bonds is 6. The van der Waals surface area contributed by atoms with Crippen molar-refractivity contribution in [3.05, 3.63) is 34.6 Å². The lowest BCUT2D eigenvalue weighted by molar-refractivity contribution is -0.118.